The molecular formula is C16H29NO2S. The van der Waals surface area contributed by atoms with Gasteiger partial charge in [-0.25, -0.2) is 13.1 Å². The van der Waals surface area contributed by atoms with Crippen molar-refractivity contribution in [1.82, 2.24) is 4.72 Å². The molecule has 4 heteroatoms. The largest absolute Gasteiger partial charge is 0.212 e. The van der Waals surface area contributed by atoms with Crippen molar-refractivity contribution < 1.29 is 8.42 Å². The van der Waals surface area contributed by atoms with Gasteiger partial charge in [-0.15, -0.1) is 0 Å². The molecule has 4 aliphatic rings. The number of rotatable bonds is 6. The third-order valence-electron chi connectivity index (χ3n) is 6.13. The van der Waals surface area contributed by atoms with Crippen LogP contribution >= 0.6 is 0 Å². The monoisotopic (exact) mass is 299 g/mol. The molecule has 1 atom stereocenters. The highest BCUT2D eigenvalue weighted by atomic mass is 32.2. The molecule has 0 aliphatic heterocycles. The number of unbranched alkanes of at least 4 members (excludes halogenated alkanes) is 1. The summed E-state index contributed by atoms with van der Waals surface area (Å²) in [6.07, 6.45) is 9.72. The van der Waals surface area contributed by atoms with Crippen LogP contribution in [-0.2, 0) is 10.0 Å². The quantitative estimate of drug-likeness (QED) is 0.818. The van der Waals surface area contributed by atoms with Crippen LogP contribution in [0.3, 0.4) is 0 Å². The number of sulfonamides is 1. The Morgan fingerprint density at radius 1 is 1.10 bits per heavy atom. The van der Waals surface area contributed by atoms with Crippen LogP contribution in [0, 0.1) is 23.2 Å². The number of nitrogens with one attached hydrogen (secondary N) is 1. The Hall–Kier alpha value is -0.0900. The van der Waals surface area contributed by atoms with Gasteiger partial charge in [0.05, 0.1) is 5.75 Å². The topological polar surface area (TPSA) is 46.2 Å². The lowest BCUT2D eigenvalue weighted by Gasteiger charge is -2.59. The maximum absolute atomic E-state index is 12.2. The Bertz CT molecular complexity index is 422. The molecule has 0 aromatic carbocycles. The van der Waals surface area contributed by atoms with Crippen LogP contribution in [0.2, 0.25) is 0 Å². The van der Waals surface area contributed by atoms with Crippen molar-refractivity contribution in [2.75, 3.05) is 5.75 Å². The van der Waals surface area contributed by atoms with Gasteiger partial charge in [0.1, 0.15) is 0 Å². The fourth-order valence-corrected chi connectivity index (χ4v) is 7.07. The molecule has 0 amide bonds. The molecular weight excluding hydrogens is 270 g/mol. The molecule has 1 unspecified atom stereocenters. The lowest BCUT2D eigenvalue weighted by Crippen LogP contribution is -2.56. The van der Waals surface area contributed by atoms with Gasteiger partial charge in [0.25, 0.3) is 0 Å². The molecule has 1 N–H and O–H groups in total. The van der Waals surface area contributed by atoms with E-state index in [2.05, 4.69) is 11.6 Å². The van der Waals surface area contributed by atoms with Crippen LogP contribution < -0.4 is 4.72 Å². The first-order valence-corrected chi connectivity index (χ1v) is 10.1. The van der Waals surface area contributed by atoms with E-state index in [1.807, 2.05) is 6.92 Å². The van der Waals surface area contributed by atoms with Gasteiger partial charge in [-0.05, 0) is 75.0 Å². The van der Waals surface area contributed by atoms with E-state index in [9.17, 15) is 8.42 Å². The third kappa shape index (κ3) is 2.78. The average molecular weight is 299 g/mol. The molecule has 3 nitrogen and oxygen atoms in total. The first kappa shape index (κ1) is 14.8. The molecule has 0 spiro atoms. The van der Waals surface area contributed by atoms with Gasteiger partial charge in [-0.2, -0.15) is 0 Å². The number of hydrogen-bond acceptors (Lipinski definition) is 2. The smallest absolute Gasteiger partial charge is 0.211 e. The maximum atomic E-state index is 12.2. The van der Waals surface area contributed by atoms with Crippen molar-refractivity contribution >= 4 is 10.0 Å². The highest BCUT2D eigenvalue weighted by molar-refractivity contribution is 7.89. The minimum Gasteiger partial charge on any atom is -0.212 e. The van der Waals surface area contributed by atoms with E-state index < -0.39 is 10.0 Å². The Kier molecular flexibility index (Phi) is 3.91. The number of hydrogen-bond donors (Lipinski definition) is 1. The van der Waals surface area contributed by atoms with E-state index in [-0.39, 0.29) is 11.5 Å². The van der Waals surface area contributed by atoms with Crippen molar-refractivity contribution in [1.29, 1.82) is 0 Å². The summed E-state index contributed by atoms with van der Waals surface area (Å²) in [5.41, 5.74) is 0.272. The molecule has 4 rings (SSSR count). The lowest BCUT2D eigenvalue weighted by molar-refractivity contribution is -0.0666. The van der Waals surface area contributed by atoms with E-state index in [0.29, 0.717) is 5.75 Å². The summed E-state index contributed by atoms with van der Waals surface area (Å²) >= 11 is 0. The minimum absolute atomic E-state index is 0.123. The van der Waals surface area contributed by atoms with Gasteiger partial charge in [-0.3, -0.25) is 0 Å². The Balaban J connectivity index is 1.69. The zero-order chi connectivity index (χ0) is 14.4. The van der Waals surface area contributed by atoms with E-state index in [1.54, 1.807) is 0 Å². The summed E-state index contributed by atoms with van der Waals surface area (Å²) in [5, 5.41) is 0. The predicted molar refractivity (Wildman–Crippen MR) is 81.9 cm³/mol. The van der Waals surface area contributed by atoms with E-state index >= 15 is 0 Å². The summed E-state index contributed by atoms with van der Waals surface area (Å²) < 4.78 is 27.4. The van der Waals surface area contributed by atoms with Gasteiger partial charge < -0.3 is 0 Å². The molecule has 20 heavy (non-hydrogen) atoms. The second-order valence-corrected chi connectivity index (χ2v) is 9.67. The van der Waals surface area contributed by atoms with Gasteiger partial charge in [0.2, 0.25) is 10.0 Å². The van der Waals surface area contributed by atoms with Gasteiger partial charge in [-0.1, -0.05) is 13.3 Å². The molecule has 4 aliphatic carbocycles. The summed E-state index contributed by atoms with van der Waals surface area (Å²) in [6.45, 7) is 4.16. The molecule has 0 radical (unpaired) electrons. The molecule has 4 fully saturated rings. The second kappa shape index (κ2) is 5.28. The van der Waals surface area contributed by atoms with Crippen LogP contribution in [0.15, 0.2) is 0 Å². The van der Waals surface area contributed by atoms with Crippen LogP contribution in [0.4, 0.5) is 0 Å². The highest BCUT2D eigenvalue weighted by Crippen LogP contribution is 2.61. The zero-order valence-corrected chi connectivity index (χ0v) is 13.7. The summed E-state index contributed by atoms with van der Waals surface area (Å²) in [4.78, 5) is 0. The fourth-order valence-electron chi connectivity index (χ4n) is 5.50. The van der Waals surface area contributed by atoms with Crippen molar-refractivity contribution in [3.8, 4) is 0 Å². The molecule has 0 saturated heterocycles. The van der Waals surface area contributed by atoms with Crippen LogP contribution in [-0.4, -0.2) is 20.2 Å². The lowest BCUT2D eigenvalue weighted by atomic mass is 9.48. The van der Waals surface area contributed by atoms with Gasteiger partial charge in [0, 0.05) is 6.04 Å². The molecule has 4 saturated carbocycles. The Morgan fingerprint density at radius 2 is 1.60 bits per heavy atom. The Morgan fingerprint density at radius 3 is 2.05 bits per heavy atom. The average Bonchev–Trinajstić information content (AvgIpc) is 2.34. The van der Waals surface area contributed by atoms with Gasteiger partial charge >= 0.3 is 0 Å². The van der Waals surface area contributed by atoms with Gasteiger partial charge in [0.15, 0.2) is 0 Å². The molecule has 0 heterocycles. The molecule has 0 aromatic heterocycles. The third-order valence-corrected chi connectivity index (χ3v) is 7.67. The highest BCUT2D eigenvalue weighted by Gasteiger charge is 2.53. The SMILES string of the molecule is CCCCS(=O)(=O)NC(C)C12CC3CC(CC(C3)C1)C2. The van der Waals surface area contributed by atoms with E-state index in [0.717, 1.165) is 30.6 Å². The molecule has 0 aromatic rings. The predicted octanol–water partition coefficient (Wildman–Crippen LogP) is 3.31. The first-order valence-electron chi connectivity index (χ1n) is 8.42. The van der Waals surface area contributed by atoms with Crippen molar-refractivity contribution in [2.24, 2.45) is 23.2 Å². The van der Waals surface area contributed by atoms with Crippen LogP contribution in [0.25, 0.3) is 0 Å². The second-order valence-electron chi connectivity index (χ2n) is 7.79. The normalized spacial score (nSPS) is 41.0. The zero-order valence-electron chi connectivity index (χ0n) is 12.9. The molecule has 116 valence electrons. The fraction of sp³-hybridized carbons (Fsp3) is 1.00. The summed E-state index contributed by atoms with van der Waals surface area (Å²) in [5.74, 6) is 2.93. The summed E-state index contributed by atoms with van der Waals surface area (Å²) in [7, 11) is -3.09. The van der Waals surface area contributed by atoms with Crippen molar-refractivity contribution in [3.63, 3.8) is 0 Å². The maximum Gasteiger partial charge on any atom is 0.211 e. The standard InChI is InChI=1S/C16H29NO2S/c1-3-4-5-20(18,19)17-12(2)16-9-13-6-14(10-16)8-15(7-13)11-16/h12-15,17H,3-11H2,1-2H3. The van der Waals surface area contributed by atoms with Crippen molar-refractivity contribution in [3.05, 3.63) is 0 Å². The Labute approximate surface area is 124 Å². The first-order chi connectivity index (χ1) is 9.42. The van der Waals surface area contributed by atoms with Crippen molar-refractivity contribution in [2.45, 2.75) is 71.3 Å². The van der Waals surface area contributed by atoms with Crippen LogP contribution in [0.1, 0.15) is 65.2 Å². The minimum atomic E-state index is -3.09. The molecule has 4 bridgehead atoms. The summed E-state index contributed by atoms with van der Waals surface area (Å²) in [6, 6.07) is 0.123. The van der Waals surface area contributed by atoms with E-state index in [1.165, 1.54) is 38.5 Å². The van der Waals surface area contributed by atoms with E-state index in [4.69, 9.17) is 0 Å². The van der Waals surface area contributed by atoms with Crippen LogP contribution in [0.5, 0.6) is 0 Å².